The zero-order chi connectivity index (χ0) is 11.9. The third-order valence-electron chi connectivity index (χ3n) is 2.64. The van der Waals surface area contributed by atoms with E-state index in [0.29, 0.717) is 0 Å². The minimum atomic E-state index is 0.992. The van der Waals surface area contributed by atoms with Crippen LogP contribution in [0.5, 0.6) is 0 Å². The van der Waals surface area contributed by atoms with Crippen molar-refractivity contribution in [2.45, 2.75) is 11.3 Å². The molecule has 0 radical (unpaired) electrons. The van der Waals surface area contributed by atoms with Crippen LogP contribution in [0.3, 0.4) is 0 Å². The van der Waals surface area contributed by atoms with Crippen molar-refractivity contribution in [1.82, 2.24) is 0 Å². The van der Waals surface area contributed by atoms with E-state index in [9.17, 15) is 0 Å². The highest BCUT2D eigenvalue weighted by atomic mass is 32.2. The molecule has 0 saturated carbocycles. The summed E-state index contributed by atoms with van der Waals surface area (Å²) in [6, 6.07) is 19.0. The first-order valence-electron chi connectivity index (χ1n) is 5.73. The zero-order valence-corrected chi connectivity index (χ0v) is 10.8. The monoisotopic (exact) mass is 240 g/mol. The average molecular weight is 240 g/mol. The Morgan fingerprint density at radius 1 is 0.941 bits per heavy atom. The molecule has 0 atom stereocenters. The molecule has 0 amide bonds. The molecule has 0 heterocycles. The number of allylic oxidation sites excluding steroid dienone is 1. The maximum Gasteiger partial charge on any atom is 0.0104 e. The van der Waals surface area contributed by atoms with Crippen molar-refractivity contribution in [1.29, 1.82) is 0 Å². The Labute approximate surface area is 107 Å². The highest BCUT2D eigenvalue weighted by molar-refractivity contribution is 7.98. The third kappa shape index (κ3) is 3.50. The van der Waals surface area contributed by atoms with Gasteiger partial charge in [0.1, 0.15) is 0 Å². The van der Waals surface area contributed by atoms with Gasteiger partial charge < -0.3 is 0 Å². The smallest absolute Gasteiger partial charge is 0.0104 e. The van der Waals surface area contributed by atoms with Gasteiger partial charge in [-0.25, -0.2) is 0 Å². The first-order valence-corrected chi connectivity index (χ1v) is 6.96. The largest absolute Gasteiger partial charge is 0.129 e. The third-order valence-corrected chi connectivity index (χ3v) is 3.48. The number of benzene rings is 2. The van der Waals surface area contributed by atoms with Gasteiger partial charge in [0.2, 0.25) is 0 Å². The summed E-state index contributed by atoms with van der Waals surface area (Å²) in [6.07, 6.45) is 7.52. The standard InChI is InChI=1S/C16H16S/c1-17-16-13-6-5-11-15(16)12-7-10-14-8-3-2-4-9-14/h2-11,13H,12H2,1H3/b10-7+. The molecule has 17 heavy (non-hydrogen) atoms. The first kappa shape index (κ1) is 12.0. The van der Waals surface area contributed by atoms with Gasteiger partial charge in [-0.2, -0.15) is 0 Å². The molecule has 1 heteroatoms. The van der Waals surface area contributed by atoms with Crippen LogP contribution in [0.25, 0.3) is 6.08 Å². The average Bonchev–Trinajstić information content (AvgIpc) is 2.40. The number of thioether (sulfide) groups is 1. The summed E-state index contributed by atoms with van der Waals surface area (Å²) >= 11 is 1.81. The molecule has 0 aliphatic carbocycles. The van der Waals surface area contributed by atoms with Gasteiger partial charge in [-0.05, 0) is 29.9 Å². The summed E-state index contributed by atoms with van der Waals surface area (Å²) in [6.45, 7) is 0. The fourth-order valence-corrected chi connectivity index (χ4v) is 2.39. The topological polar surface area (TPSA) is 0 Å². The molecular formula is C16H16S. The van der Waals surface area contributed by atoms with Gasteiger partial charge >= 0.3 is 0 Å². The number of rotatable bonds is 4. The lowest BCUT2D eigenvalue weighted by molar-refractivity contribution is 1.19. The van der Waals surface area contributed by atoms with Crippen LogP contribution in [-0.4, -0.2) is 6.26 Å². The Morgan fingerprint density at radius 3 is 2.41 bits per heavy atom. The molecule has 0 aliphatic rings. The Balaban J connectivity index is 2.05. The fourth-order valence-electron chi connectivity index (χ4n) is 1.76. The molecule has 86 valence electrons. The Morgan fingerprint density at radius 2 is 1.65 bits per heavy atom. The number of hydrogen-bond donors (Lipinski definition) is 0. The summed E-state index contributed by atoms with van der Waals surface area (Å²) in [4.78, 5) is 1.37. The lowest BCUT2D eigenvalue weighted by Crippen LogP contribution is -1.84. The molecule has 2 rings (SSSR count). The minimum absolute atomic E-state index is 0.992. The quantitative estimate of drug-likeness (QED) is 0.700. The maximum atomic E-state index is 2.23. The van der Waals surface area contributed by atoms with E-state index in [4.69, 9.17) is 0 Å². The molecule has 0 saturated heterocycles. The van der Waals surface area contributed by atoms with Crippen molar-refractivity contribution < 1.29 is 0 Å². The van der Waals surface area contributed by atoms with Crippen LogP contribution in [0.2, 0.25) is 0 Å². The van der Waals surface area contributed by atoms with Crippen LogP contribution in [0, 0.1) is 0 Å². The molecule has 2 aromatic rings. The van der Waals surface area contributed by atoms with Crippen molar-refractivity contribution >= 4 is 17.8 Å². The van der Waals surface area contributed by atoms with Gasteiger partial charge in [-0.15, -0.1) is 11.8 Å². The summed E-state index contributed by atoms with van der Waals surface area (Å²) in [5, 5.41) is 0. The van der Waals surface area contributed by atoms with Gasteiger partial charge in [-0.1, -0.05) is 60.7 Å². The molecule has 0 bridgehead atoms. The normalized spacial score (nSPS) is 10.9. The second-order valence-electron chi connectivity index (χ2n) is 3.83. The highest BCUT2D eigenvalue weighted by Gasteiger charge is 1.97. The SMILES string of the molecule is CSc1ccccc1C/C=C/c1ccccc1. The zero-order valence-electron chi connectivity index (χ0n) is 9.97. The van der Waals surface area contributed by atoms with E-state index in [1.165, 1.54) is 16.0 Å². The number of hydrogen-bond acceptors (Lipinski definition) is 1. The van der Waals surface area contributed by atoms with Gasteiger partial charge in [0, 0.05) is 4.90 Å². The molecule has 0 aromatic heterocycles. The van der Waals surface area contributed by atoms with Gasteiger partial charge in [-0.3, -0.25) is 0 Å². The van der Waals surface area contributed by atoms with E-state index in [0.717, 1.165) is 6.42 Å². The van der Waals surface area contributed by atoms with Crippen LogP contribution in [0.1, 0.15) is 11.1 Å². The molecule has 0 spiro atoms. The molecule has 0 fully saturated rings. The van der Waals surface area contributed by atoms with Crippen LogP contribution in [0.15, 0.2) is 65.6 Å². The van der Waals surface area contributed by atoms with Crippen molar-refractivity contribution in [2.24, 2.45) is 0 Å². The molecule has 0 nitrogen and oxygen atoms in total. The second-order valence-corrected chi connectivity index (χ2v) is 4.68. The molecular weight excluding hydrogens is 224 g/mol. The Hall–Kier alpha value is -1.47. The van der Waals surface area contributed by atoms with Crippen LogP contribution in [-0.2, 0) is 6.42 Å². The van der Waals surface area contributed by atoms with Crippen LogP contribution in [0.4, 0.5) is 0 Å². The van der Waals surface area contributed by atoms with Gasteiger partial charge in [0.05, 0.1) is 0 Å². The van der Waals surface area contributed by atoms with E-state index in [1.807, 2.05) is 17.8 Å². The fraction of sp³-hybridized carbons (Fsp3) is 0.125. The van der Waals surface area contributed by atoms with Crippen LogP contribution < -0.4 is 0 Å². The predicted octanol–water partition coefficient (Wildman–Crippen LogP) is 4.66. The van der Waals surface area contributed by atoms with Crippen LogP contribution >= 0.6 is 11.8 Å². The summed E-state index contributed by atoms with van der Waals surface area (Å²) in [5.74, 6) is 0. The summed E-state index contributed by atoms with van der Waals surface area (Å²) < 4.78 is 0. The molecule has 0 unspecified atom stereocenters. The first-order chi connectivity index (χ1) is 8.40. The second kappa shape index (κ2) is 6.31. The van der Waals surface area contributed by atoms with Crippen molar-refractivity contribution in [2.75, 3.05) is 6.26 Å². The molecule has 2 aromatic carbocycles. The van der Waals surface area contributed by atoms with Crippen molar-refractivity contribution in [3.8, 4) is 0 Å². The molecule has 0 aliphatic heterocycles. The maximum absolute atomic E-state index is 2.23. The highest BCUT2D eigenvalue weighted by Crippen LogP contribution is 2.20. The Kier molecular flexibility index (Phi) is 4.45. The van der Waals surface area contributed by atoms with E-state index >= 15 is 0 Å². The van der Waals surface area contributed by atoms with Crippen molar-refractivity contribution in [3.63, 3.8) is 0 Å². The molecule has 0 N–H and O–H groups in total. The van der Waals surface area contributed by atoms with E-state index in [2.05, 4.69) is 66.9 Å². The van der Waals surface area contributed by atoms with E-state index in [1.54, 1.807) is 0 Å². The predicted molar refractivity (Wildman–Crippen MR) is 77.4 cm³/mol. The van der Waals surface area contributed by atoms with Crippen molar-refractivity contribution in [3.05, 3.63) is 71.8 Å². The summed E-state index contributed by atoms with van der Waals surface area (Å²) in [7, 11) is 0. The lowest BCUT2D eigenvalue weighted by atomic mass is 10.1. The minimum Gasteiger partial charge on any atom is -0.129 e. The van der Waals surface area contributed by atoms with E-state index in [-0.39, 0.29) is 0 Å². The Bertz CT molecular complexity index is 486. The van der Waals surface area contributed by atoms with Gasteiger partial charge in [0.15, 0.2) is 0 Å². The lowest BCUT2D eigenvalue weighted by Gasteiger charge is -2.03. The summed E-state index contributed by atoms with van der Waals surface area (Å²) in [5.41, 5.74) is 2.65. The van der Waals surface area contributed by atoms with E-state index < -0.39 is 0 Å². The van der Waals surface area contributed by atoms with Gasteiger partial charge in [0.25, 0.3) is 0 Å².